The van der Waals surface area contributed by atoms with Crippen molar-refractivity contribution in [3.63, 3.8) is 0 Å². The molecule has 0 spiro atoms. The first-order valence-corrected chi connectivity index (χ1v) is 16.0. The lowest BCUT2D eigenvalue weighted by atomic mass is 9.84. The number of anilines is 1. The fourth-order valence-corrected chi connectivity index (χ4v) is 6.60. The number of nitrogens with zero attached hydrogens (tertiary/aromatic N) is 5. The van der Waals surface area contributed by atoms with Crippen LogP contribution in [0.25, 0.3) is 22.5 Å². The molecule has 4 heterocycles. The van der Waals surface area contributed by atoms with Gasteiger partial charge in [-0.05, 0) is 56.0 Å². The van der Waals surface area contributed by atoms with E-state index in [-0.39, 0.29) is 47.9 Å². The molecule has 2 aromatic carbocycles. The van der Waals surface area contributed by atoms with Crippen LogP contribution in [0.5, 0.6) is 5.88 Å². The normalized spacial score (nSPS) is 16.7. The number of nitrogens with one attached hydrogen (secondary N) is 1. The van der Waals surface area contributed by atoms with Crippen molar-refractivity contribution in [1.82, 2.24) is 24.8 Å². The summed E-state index contributed by atoms with van der Waals surface area (Å²) in [6.45, 7) is 4.33. The van der Waals surface area contributed by atoms with Gasteiger partial charge < -0.3 is 14.1 Å². The highest BCUT2D eigenvalue weighted by Crippen LogP contribution is 2.38. The molecular weight excluding hydrogens is 580 g/mol. The number of fused-ring (bicyclic) bond motifs is 5. The quantitative estimate of drug-likeness (QED) is 0.283. The van der Waals surface area contributed by atoms with Crippen molar-refractivity contribution in [2.24, 2.45) is 0 Å². The maximum atomic E-state index is 13.8. The monoisotopic (exact) mass is 610 g/mol. The largest absolute Gasteiger partial charge is 0.476 e. The van der Waals surface area contributed by atoms with Crippen LogP contribution >= 0.6 is 0 Å². The van der Waals surface area contributed by atoms with Crippen molar-refractivity contribution in [2.45, 2.75) is 50.5 Å². The Kier molecular flexibility index (Phi) is 7.00. The Morgan fingerprint density at radius 3 is 2.57 bits per heavy atom. The number of ether oxygens (including phenoxy) is 1. The number of aromatic nitrogens is 4. The zero-order chi connectivity index (χ0) is 30.4. The second-order valence-corrected chi connectivity index (χ2v) is 12.9. The Labute approximate surface area is 254 Å². The molecule has 1 aliphatic heterocycles. The lowest BCUT2D eigenvalue weighted by molar-refractivity contribution is 0.0712. The van der Waals surface area contributed by atoms with E-state index in [4.69, 9.17) is 14.1 Å². The zero-order valence-corrected chi connectivity index (χ0v) is 25.1. The van der Waals surface area contributed by atoms with Crippen molar-refractivity contribution >= 4 is 33.1 Å². The summed E-state index contributed by atoms with van der Waals surface area (Å²) >= 11 is 0. The van der Waals surface area contributed by atoms with Crippen LogP contribution in [-0.4, -0.2) is 52.3 Å². The van der Waals surface area contributed by atoms with Crippen molar-refractivity contribution in [2.75, 3.05) is 17.9 Å². The zero-order valence-electron chi connectivity index (χ0n) is 24.3. The molecular formula is C32H30N6O5S. The van der Waals surface area contributed by atoms with Crippen LogP contribution < -0.4 is 9.46 Å². The number of amides is 1. The number of hydrogen-bond acceptors (Lipinski definition) is 9. The maximum Gasteiger partial charge on any atom is 0.264 e. The third-order valence-electron chi connectivity index (χ3n) is 8.12. The van der Waals surface area contributed by atoms with Crippen molar-refractivity contribution < 1.29 is 22.4 Å². The summed E-state index contributed by atoms with van der Waals surface area (Å²) in [6, 6.07) is 15.4. The van der Waals surface area contributed by atoms with Crippen molar-refractivity contribution in [3.05, 3.63) is 88.9 Å². The van der Waals surface area contributed by atoms with Gasteiger partial charge in [-0.15, -0.1) is 0 Å². The van der Waals surface area contributed by atoms with E-state index in [2.05, 4.69) is 19.7 Å². The summed E-state index contributed by atoms with van der Waals surface area (Å²) in [5.74, 6) is 0.979. The number of carbonyl (C=O) groups is 1. The minimum absolute atomic E-state index is 0.0887. The Bertz CT molecular complexity index is 2000. The average Bonchev–Trinajstić information content (AvgIpc) is 3.37. The van der Waals surface area contributed by atoms with E-state index < -0.39 is 10.0 Å². The number of rotatable bonds is 4. The topological polar surface area (TPSA) is 140 Å². The number of aryl methyl sites for hydroxylation is 2. The van der Waals surface area contributed by atoms with Gasteiger partial charge in [0.15, 0.2) is 0 Å². The van der Waals surface area contributed by atoms with Gasteiger partial charge in [0.05, 0.1) is 35.6 Å². The van der Waals surface area contributed by atoms with Gasteiger partial charge in [-0.25, -0.2) is 28.1 Å². The molecule has 0 saturated heterocycles. The molecule has 224 valence electrons. The van der Waals surface area contributed by atoms with E-state index in [1.807, 2.05) is 38.1 Å². The van der Waals surface area contributed by atoms with Crippen LogP contribution in [0.4, 0.5) is 5.95 Å². The minimum atomic E-state index is -4.14. The van der Waals surface area contributed by atoms with Gasteiger partial charge in [0.25, 0.3) is 15.9 Å². The van der Waals surface area contributed by atoms with E-state index in [0.717, 1.165) is 35.3 Å². The van der Waals surface area contributed by atoms with E-state index in [0.29, 0.717) is 28.5 Å². The third-order valence-corrected chi connectivity index (χ3v) is 9.45. The van der Waals surface area contributed by atoms with E-state index >= 15 is 0 Å². The van der Waals surface area contributed by atoms with Gasteiger partial charge in [0.1, 0.15) is 17.9 Å². The molecule has 2 aliphatic rings. The fourth-order valence-electron chi connectivity index (χ4n) is 5.61. The first-order chi connectivity index (χ1) is 21.2. The van der Waals surface area contributed by atoms with Crippen LogP contribution in [0, 0.1) is 13.8 Å². The molecule has 0 unspecified atom stereocenters. The summed E-state index contributed by atoms with van der Waals surface area (Å²) in [4.78, 5) is 33.3. The van der Waals surface area contributed by atoms with Gasteiger partial charge in [-0.2, -0.15) is 4.98 Å². The van der Waals surface area contributed by atoms with Gasteiger partial charge in [0, 0.05) is 29.2 Å². The fraction of sp³-hybridized carbons (Fsp3) is 0.281. The maximum absolute atomic E-state index is 13.8. The van der Waals surface area contributed by atoms with Gasteiger partial charge >= 0.3 is 0 Å². The predicted octanol–water partition coefficient (Wildman–Crippen LogP) is 5.40. The molecule has 4 bridgehead atoms. The molecule has 3 aromatic heterocycles. The van der Waals surface area contributed by atoms with Crippen LogP contribution in [0.3, 0.4) is 0 Å². The summed E-state index contributed by atoms with van der Waals surface area (Å²) in [5.41, 5.74) is 5.22. The lowest BCUT2D eigenvalue weighted by Gasteiger charge is -2.22. The summed E-state index contributed by atoms with van der Waals surface area (Å²) in [6.07, 6.45) is 4.98. The summed E-state index contributed by atoms with van der Waals surface area (Å²) < 4.78 is 41.3. The molecule has 1 saturated carbocycles. The molecule has 0 radical (unpaired) electrons. The van der Waals surface area contributed by atoms with Crippen LogP contribution in [0.15, 0.2) is 70.1 Å². The van der Waals surface area contributed by atoms with Crippen LogP contribution in [-0.2, 0) is 16.6 Å². The first kappa shape index (κ1) is 28.0. The number of carbonyl (C=O) groups excluding carboxylic acids is 1. The first-order valence-electron chi connectivity index (χ1n) is 14.5. The number of furan rings is 1. The average molecular weight is 611 g/mol. The lowest BCUT2D eigenvalue weighted by Crippen LogP contribution is -2.34. The van der Waals surface area contributed by atoms with Gasteiger partial charge in [0.2, 0.25) is 17.5 Å². The Balaban J connectivity index is 1.25. The molecule has 1 N–H and O–H groups in total. The third kappa shape index (κ3) is 5.37. The summed E-state index contributed by atoms with van der Waals surface area (Å²) in [5, 5.41) is 0. The number of sulfonamides is 1. The molecule has 5 aromatic rings. The standard InChI is InChI=1S/C32H30N6O5S/c1-19-6-3-7-20(2)29(19)25-16-28-36-32(35-25)37-44(40,41)24-11-5-10-22(14-24)31(39)38(12-13-42-28)18-23-17-33-30-26(34-23)15-27(43-30)21-8-4-9-21/h3,5-7,10-11,14-17,21H,4,8-9,12-13,18H2,1-2H3,(H,35,36,37). The molecule has 44 heavy (non-hydrogen) atoms. The van der Waals surface area contributed by atoms with Gasteiger partial charge in [-0.1, -0.05) is 30.7 Å². The molecule has 12 heteroatoms. The molecule has 1 aliphatic carbocycles. The Hall–Kier alpha value is -4.84. The Morgan fingerprint density at radius 1 is 1.00 bits per heavy atom. The SMILES string of the molecule is Cc1cccc(C)c1-c1cc2nc(n1)NS(=O)(=O)c1cccc(c1)C(=O)N(Cc1cnc3oc(C4CCC4)cc3n1)CCO2. The van der Waals surface area contributed by atoms with Crippen molar-refractivity contribution in [3.8, 4) is 17.1 Å². The molecule has 7 rings (SSSR count). The number of hydrogen-bond donors (Lipinski definition) is 1. The van der Waals surface area contributed by atoms with E-state index in [1.54, 1.807) is 23.2 Å². The Morgan fingerprint density at radius 2 is 1.80 bits per heavy atom. The molecule has 11 nitrogen and oxygen atoms in total. The highest BCUT2D eigenvalue weighted by molar-refractivity contribution is 7.92. The van der Waals surface area contributed by atoms with Gasteiger partial charge in [-0.3, -0.25) is 4.79 Å². The second-order valence-electron chi connectivity index (χ2n) is 11.2. The number of benzene rings is 2. The molecule has 0 atom stereocenters. The minimum Gasteiger partial charge on any atom is -0.476 e. The molecule has 1 amide bonds. The smallest absolute Gasteiger partial charge is 0.264 e. The molecule has 1 fully saturated rings. The van der Waals surface area contributed by atoms with E-state index in [9.17, 15) is 13.2 Å². The van der Waals surface area contributed by atoms with Crippen molar-refractivity contribution in [1.29, 1.82) is 0 Å². The summed E-state index contributed by atoms with van der Waals surface area (Å²) in [7, 11) is -4.14. The highest BCUT2D eigenvalue weighted by atomic mass is 32.2. The predicted molar refractivity (Wildman–Crippen MR) is 163 cm³/mol. The highest BCUT2D eigenvalue weighted by Gasteiger charge is 2.26. The van der Waals surface area contributed by atoms with Crippen LogP contribution in [0.2, 0.25) is 0 Å². The van der Waals surface area contributed by atoms with Crippen LogP contribution in [0.1, 0.15) is 58.1 Å². The van der Waals surface area contributed by atoms with E-state index in [1.165, 1.54) is 24.6 Å². The second kappa shape index (κ2) is 11.0.